The average molecular weight is 321 g/mol. The molecule has 1 aromatic heterocycles. The average Bonchev–Trinajstić information content (AvgIpc) is 3.07. The zero-order valence-electron chi connectivity index (χ0n) is 12.4. The predicted octanol–water partition coefficient (Wildman–Crippen LogP) is 2.01. The fourth-order valence-electron chi connectivity index (χ4n) is 2.82. The molecule has 0 atom stereocenters. The smallest absolute Gasteiger partial charge is 0.257 e. The van der Waals surface area contributed by atoms with Crippen molar-refractivity contribution in [2.75, 3.05) is 6.26 Å². The Morgan fingerprint density at radius 2 is 1.86 bits per heavy atom. The van der Waals surface area contributed by atoms with Gasteiger partial charge in [-0.05, 0) is 30.5 Å². The zero-order valence-corrected chi connectivity index (χ0v) is 13.3. The van der Waals surface area contributed by atoms with Gasteiger partial charge in [-0.3, -0.25) is 0 Å². The number of sulfone groups is 1. The molecule has 118 valence electrons. The van der Waals surface area contributed by atoms with E-state index in [1.54, 1.807) is 24.3 Å². The highest BCUT2D eigenvalue weighted by Gasteiger charge is 2.36. The molecule has 0 unspecified atom stereocenters. The first-order valence-corrected chi connectivity index (χ1v) is 9.32. The van der Waals surface area contributed by atoms with Crippen molar-refractivity contribution >= 4 is 9.84 Å². The van der Waals surface area contributed by atoms with Crippen molar-refractivity contribution in [2.45, 2.75) is 37.0 Å². The van der Waals surface area contributed by atoms with Crippen molar-refractivity contribution in [1.29, 1.82) is 0 Å². The van der Waals surface area contributed by atoms with Crippen LogP contribution in [0.3, 0.4) is 0 Å². The van der Waals surface area contributed by atoms with Gasteiger partial charge in [0.2, 0.25) is 0 Å². The summed E-state index contributed by atoms with van der Waals surface area (Å²) in [7, 11) is -3.04. The summed E-state index contributed by atoms with van der Waals surface area (Å²) < 4.78 is 27.9. The molecule has 0 bridgehead atoms. The largest absolute Gasteiger partial charge is 0.334 e. The molecule has 2 N–H and O–H groups in total. The highest BCUT2D eigenvalue weighted by Crippen LogP contribution is 2.35. The second-order valence-electron chi connectivity index (χ2n) is 6.05. The van der Waals surface area contributed by atoms with E-state index in [2.05, 4.69) is 10.1 Å². The molecule has 0 radical (unpaired) electrons. The van der Waals surface area contributed by atoms with Crippen LogP contribution in [0, 0.1) is 0 Å². The Labute approximate surface area is 129 Å². The van der Waals surface area contributed by atoms with Gasteiger partial charge in [-0.2, -0.15) is 4.98 Å². The Hall–Kier alpha value is -1.73. The van der Waals surface area contributed by atoms with E-state index in [4.69, 9.17) is 10.3 Å². The van der Waals surface area contributed by atoms with Crippen LogP contribution in [0.1, 0.15) is 37.1 Å². The summed E-state index contributed by atoms with van der Waals surface area (Å²) in [5, 5.41) is 4.02. The van der Waals surface area contributed by atoms with E-state index < -0.39 is 15.4 Å². The molecule has 1 fully saturated rings. The maximum absolute atomic E-state index is 11.3. The molecule has 0 amide bonds. The fourth-order valence-corrected chi connectivity index (χ4v) is 3.62. The molecule has 1 aromatic carbocycles. The Morgan fingerprint density at radius 3 is 2.45 bits per heavy atom. The number of rotatable bonds is 4. The molecule has 22 heavy (non-hydrogen) atoms. The van der Waals surface area contributed by atoms with Gasteiger partial charge in [0.1, 0.15) is 0 Å². The Balaban J connectivity index is 1.81. The normalized spacial score (nSPS) is 17.7. The lowest BCUT2D eigenvalue weighted by Gasteiger charge is -2.17. The SMILES string of the molecule is CS(=O)(=O)Cc1ccc(-c2nc(C3(N)CCCC3)no2)cc1. The molecule has 1 aliphatic carbocycles. The number of nitrogens with two attached hydrogens (primary N) is 1. The first-order valence-electron chi connectivity index (χ1n) is 7.26. The highest BCUT2D eigenvalue weighted by atomic mass is 32.2. The fraction of sp³-hybridized carbons (Fsp3) is 0.467. The van der Waals surface area contributed by atoms with Crippen LogP contribution in [0.15, 0.2) is 28.8 Å². The summed E-state index contributed by atoms with van der Waals surface area (Å²) in [5.74, 6) is 0.992. The topological polar surface area (TPSA) is 99.1 Å². The van der Waals surface area contributed by atoms with Crippen molar-refractivity contribution in [3.05, 3.63) is 35.7 Å². The molecule has 1 heterocycles. The molecule has 0 spiro atoms. The molecule has 0 saturated heterocycles. The molecule has 1 aliphatic rings. The number of aromatic nitrogens is 2. The minimum atomic E-state index is -3.04. The summed E-state index contributed by atoms with van der Waals surface area (Å²) in [5.41, 5.74) is 7.33. The van der Waals surface area contributed by atoms with Crippen molar-refractivity contribution < 1.29 is 12.9 Å². The maximum atomic E-state index is 11.3. The number of hydrogen-bond acceptors (Lipinski definition) is 6. The number of nitrogens with zero attached hydrogens (tertiary/aromatic N) is 2. The molecular formula is C15H19N3O3S. The lowest BCUT2D eigenvalue weighted by Crippen LogP contribution is -2.34. The Bertz CT molecular complexity index is 760. The maximum Gasteiger partial charge on any atom is 0.257 e. The quantitative estimate of drug-likeness (QED) is 0.924. The number of hydrogen-bond donors (Lipinski definition) is 1. The highest BCUT2D eigenvalue weighted by molar-refractivity contribution is 7.89. The van der Waals surface area contributed by atoms with Crippen molar-refractivity contribution in [3.63, 3.8) is 0 Å². The van der Waals surface area contributed by atoms with E-state index in [0.29, 0.717) is 11.7 Å². The molecule has 3 rings (SSSR count). The van der Waals surface area contributed by atoms with Gasteiger partial charge >= 0.3 is 0 Å². The minimum absolute atomic E-state index is 0.0221. The summed E-state index contributed by atoms with van der Waals surface area (Å²) in [6, 6.07) is 7.09. The third-order valence-electron chi connectivity index (χ3n) is 4.00. The van der Waals surface area contributed by atoms with Crippen molar-refractivity contribution in [2.24, 2.45) is 5.73 Å². The lowest BCUT2D eigenvalue weighted by atomic mass is 9.99. The van der Waals surface area contributed by atoms with Crippen LogP contribution < -0.4 is 5.73 Å². The summed E-state index contributed by atoms with van der Waals surface area (Å²) in [4.78, 5) is 4.42. The molecule has 6 nitrogen and oxygen atoms in total. The van der Waals surface area contributed by atoms with E-state index in [9.17, 15) is 8.42 Å². The molecule has 2 aromatic rings. The third kappa shape index (κ3) is 3.20. The second-order valence-corrected chi connectivity index (χ2v) is 8.19. The second kappa shape index (κ2) is 5.48. The summed E-state index contributed by atoms with van der Waals surface area (Å²) in [6.45, 7) is 0. The van der Waals surface area contributed by atoms with Gasteiger partial charge in [-0.25, -0.2) is 8.42 Å². The standard InChI is InChI=1S/C15H19N3O3S/c1-22(19,20)10-11-4-6-12(7-5-11)13-17-14(18-21-13)15(16)8-2-3-9-15/h4-7H,2-3,8-10,16H2,1H3. The summed E-state index contributed by atoms with van der Waals surface area (Å²) >= 11 is 0. The molecular weight excluding hydrogens is 302 g/mol. The Kier molecular flexibility index (Phi) is 3.78. The summed E-state index contributed by atoms with van der Waals surface area (Å²) in [6.07, 6.45) is 5.13. The van der Waals surface area contributed by atoms with Crippen molar-refractivity contribution in [3.8, 4) is 11.5 Å². The first-order chi connectivity index (χ1) is 10.4. The predicted molar refractivity (Wildman–Crippen MR) is 82.6 cm³/mol. The Morgan fingerprint density at radius 1 is 1.23 bits per heavy atom. The molecule has 1 saturated carbocycles. The lowest BCUT2D eigenvalue weighted by molar-refractivity contribution is 0.372. The zero-order chi connectivity index (χ0) is 15.8. The molecule has 0 aliphatic heterocycles. The molecule has 7 heteroatoms. The van der Waals surface area contributed by atoms with E-state index >= 15 is 0 Å². The number of benzene rings is 1. The van der Waals surface area contributed by atoms with Crippen LogP contribution in [0.2, 0.25) is 0 Å². The minimum Gasteiger partial charge on any atom is -0.334 e. The van der Waals surface area contributed by atoms with Gasteiger partial charge in [0.05, 0.1) is 11.3 Å². The van der Waals surface area contributed by atoms with Crippen LogP contribution in [0.5, 0.6) is 0 Å². The first kappa shape index (κ1) is 15.2. The van der Waals surface area contributed by atoms with Gasteiger partial charge in [0, 0.05) is 11.8 Å². The van der Waals surface area contributed by atoms with E-state index in [-0.39, 0.29) is 5.75 Å². The van der Waals surface area contributed by atoms with Crippen LogP contribution in [-0.4, -0.2) is 24.8 Å². The van der Waals surface area contributed by atoms with E-state index in [1.165, 1.54) is 6.26 Å². The third-order valence-corrected chi connectivity index (χ3v) is 4.85. The van der Waals surface area contributed by atoms with Gasteiger partial charge < -0.3 is 10.3 Å². The van der Waals surface area contributed by atoms with Crippen LogP contribution in [-0.2, 0) is 21.1 Å². The van der Waals surface area contributed by atoms with E-state index in [1.807, 2.05) is 0 Å². The van der Waals surface area contributed by atoms with Crippen LogP contribution >= 0.6 is 0 Å². The van der Waals surface area contributed by atoms with Crippen LogP contribution in [0.4, 0.5) is 0 Å². The van der Waals surface area contributed by atoms with Gasteiger partial charge in [0.15, 0.2) is 15.7 Å². The van der Waals surface area contributed by atoms with Gasteiger partial charge in [-0.15, -0.1) is 0 Å². The monoisotopic (exact) mass is 321 g/mol. The van der Waals surface area contributed by atoms with Crippen molar-refractivity contribution in [1.82, 2.24) is 10.1 Å². The van der Waals surface area contributed by atoms with Gasteiger partial charge in [-0.1, -0.05) is 30.1 Å². The van der Waals surface area contributed by atoms with Crippen LogP contribution in [0.25, 0.3) is 11.5 Å². The van der Waals surface area contributed by atoms with Gasteiger partial charge in [0.25, 0.3) is 5.89 Å². The van der Waals surface area contributed by atoms with E-state index in [0.717, 1.165) is 36.8 Å².